The minimum Gasteiger partial charge on any atom is -0.321 e. The van der Waals surface area contributed by atoms with Crippen molar-refractivity contribution in [2.24, 2.45) is 0 Å². The van der Waals surface area contributed by atoms with Crippen molar-refractivity contribution in [2.75, 3.05) is 19.6 Å². The third-order valence-electron chi connectivity index (χ3n) is 2.69. The summed E-state index contributed by atoms with van der Waals surface area (Å²) in [5, 5.41) is 4.59. The summed E-state index contributed by atoms with van der Waals surface area (Å²) in [5.41, 5.74) is 1.26. The fraction of sp³-hybridized carbons (Fsp3) is 0.417. The molecule has 1 aliphatic rings. The van der Waals surface area contributed by atoms with E-state index >= 15 is 0 Å². The fourth-order valence-electron chi connectivity index (χ4n) is 1.79. The lowest BCUT2D eigenvalue weighted by Gasteiger charge is -2.12. The average molecular weight is 238 g/mol. The molecule has 0 aromatic heterocycles. The van der Waals surface area contributed by atoms with Crippen molar-refractivity contribution >= 4 is 17.6 Å². The van der Waals surface area contributed by atoms with Crippen LogP contribution in [-0.2, 0) is 6.42 Å². The molecule has 4 heteroatoms. The molecule has 2 rings (SSSR count). The highest BCUT2D eigenvalue weighted by molar-refractivity contribution is 6.30. The predicted molar refractivity (Wildman–Crippen MR) is 63.7 cm³/mol. The van der Waals surface area contributed by atoms with E-state index in [1.54, 1.807) is 4.90 Å². The molecule has 0 saturated carbocycles. The van der Waals surface area contributed by atoms with Crippen LogP contribution in [0.15, 0.2) is 24.3 Å². The van der Waals surface area contributed by atoms with Crippen molar-refractivity contribution in [3.63, 3.8) is 0 Å². The Morgan fingerprint density at radius 1 is 1.31 bits per heavy atom. The summed E-state index contributed by atoms with van der Waals surface area (Å²) in [5.74, 6) is 0. The number of benzene rings is 1. The van der Waals surface area contributed by atoms with Crippen LogP contribution in [-0.4, -0.2) is 30.6 Å². The molecule has 1 aromatic rings. The Bertz CT molecular complexity index is 364. The molecule has 2 amide bonds. The van der Waals surface area contributed by atoms with E-state index in [9.17, 15) is 4.79 Å². The number of hydrogen-bond acceptors (Lipinski definition) is 1. The number of urea groups is 1. The van der Waals surface area contributed by atoms with Gasteiger partial charge < -0.3 is 4.90 Å². The maximum Gasteiger partial charge on any atom is 0.339 e. The zero-order valence-electron chi connectivity index (χ0n) is 9.03. The molecular formula is C12H14ClN2O. The van der Waals surface area contributed by atoms with Crippen LogP contribution >= 0.6 is 11.6 Å². The lowest BCUT2D eigenvalue weighted by Crippen LogP contribution is -2.27. The van der Waals surface area contributed by atoms with Gasteiger partial charge in [0.2, 0.25) is 0 Å². The summed E-state index contributed by atoms with van der Waals surface area (Å²) in [6.45, 7) is 2.23. The zero-order chi connectivity index (χ0) is 11.4. The number of carbonyl (C=O) groups excluding carboxylic acids is 1. The minimum absolute atomic E-state index is 0.0592. The van der Waals surface area contributed by atoms with Crippen molar-refractivity contribution in [2.45, 2.75) is 12.8 Å². The van der Waals surface area contributed by atoms with Gasteiger partial charge in [-0.05, 0) is 30.5 Å². The van der Waals surface area contributed by atoms with Gasteiger partial charge >= 0.3 is 6.03 Å². The van der Waals surface area contributed by atoms with Gasteiger partial charge in [-0.1, -0.05) is 23.7 Å². The zero-order valence-corrected chi connectivity index (χ0v) is 9.78. The smallest absolute Gasteiger partial charge is 0.321 e. The molecule has 1 heterocycles. The van der Waals surface area contributed by atoms with Crippen molar-refractivity contribution in [3.05, 3.63) is 34.9 Å². The van der Waals surface area contributed by atoms with Gasteiger partial charge in [-0.2, -0.15) is 0 Å². The Labute approximate surface area is 100 Å². The number of amides is 2. The molecule has 1 aliphatic heterocycles. The summed E-state index contributed by atoms with van der Waals surface area (Å²) < 4.78 is 0. The molecule has 1 aromatic carbocycles. The number of nitrogens with zero attached hydrogens (tertiary/aromatic N) is 2. The van der Waals surface area contributed by atoms with Crippen LogP contribution in [0.3, 0.4) is 0 Å². The van der Waals surface area contributed by atoms with Crippen LogP contribution in [0.2, 0.25) is 5.02 Å². The number of carbonyl (C=O) groups is 1. The second kappa shape index (κ2) is 5.21. The van der Waals surface area contributed by atoms with Crippen LogP contribution in [0.25, 0.3) is 0 Å². The van der Waals surface area contributed by atoms with Crippen LogP contribution in [0.5, 0.6) is 0 Å². The lowest BCUT2D eigenvalue weighted by molar-refractivity contribution is 0.216. The molecule has 0 unspecified atom stereocenters. The van der Waals surface area contributed by atoms with E-state index in [0.717, 1.165) is 31.0 Å². The van der Waals surface area contributed by atoms with Gasteiger partial charge in [0, 0.05) is 18.1 Å². The Balaban J connectivity index is 1.75. The van der Waals surface area contributed by atoms with Gasteiger partial charge in [0.15, 0.2) is 0 Å². The van der Waals surface area contributed by atoms with Crippen molar-refractivity contribution in [1.82, 2.24) is 10.2 Å². The summed E-state index contributed by atoms with van der Waals surface area (Å²) >= 11 is 5.80. The third-order valence-corrected chi connectivity index (χ3v) is 2.95. The Morgan fingerprint density at radius 3 is 2.69 bits per heavy atom. The van der Waals surface area contributed by atoms with Gasteiger partial charge in [0.25, 0.3) is 0 Å². The second-order valence-corrected chi connectivity index (χ2v) is 4.32. The molecule has 0 spiro atoms. The number of aryl methyl sites for hydroxylation is 1. The average Bonchev–Trinajstić information content (AvgIpc) is 2.68. The number of rotatable bonds is 4. The standard InChI is InChI=1S/C12H14ClN2O/c13-11-5-3-10(4-6-11)2-1-8-15-9-7-14-12(15)16/h3-6H,1-2,7-9H2. The number of hydrogen-bond donors (Lipinski definition) is 0. The van der Waals surface area contributed by atoms with E-state index < -0.39 is 0 Å². The first-order chi connectivity index (χ1) is 7.75. The maximum atomic E-state index is 11.2. The van der Waals surface area contributed by atoms with Crippen molar-refractivity contribution in [1.29, 1.82) is 0 Å². The highest BCUT2D eigenvalue weighted by Gasteiger charge is 2.19. The molecule has 1 saturated heterocycles. The second-order valence-electron chi connectivity index (χ2n) is 3.88. The van der Waals surface area contributed by atoms with Crippen LogP contribution in [0.1, 0.15) is 12.0 Å². The first kappa shape index (κ1) is 11.3. The molecule has 85 valence electrons. The summed E-state index contributed by atoms with van der Waals surface area (Å²) in [6.07, 6.45) is 1.95. The molecule has 0 N–H and O–H groups in total. The van der Waals surface area contributed by atoms with Crippen molar-refractivity contribution < 1.29 is 4.79 Å². The summed E-state index contributed by atoms with van der Waals surface area (Å²) in [6, 6.07) is 7.79. The lowest BCUT2D eigenvalue weighted by atomic mass is 10.1. The Morgan fingerprint density at radius 2 is 2.06 bits per heavy atom. The topological polar surface area (TPSA) is 34.4 Å². The van der Waals surface area contributed by atoms with E-state index in [4.69, 9.17) is 11.6 Å². The van der Waals surface area contributed by atoms with Crippen molar-refractivity contribution in [3.8, 4) is 0 Å². The number of halogens is 1. The fourth-order valence-corrected chi connectivity index (χ4v) is 1.92. The normalized spacial score (nSPS) is 15.3. The Kier molecular flexibility index (Phi) is 3.67. The largest absolute Gasteiger partial charge is 0.339 e. The van der Waals surface area contributed by atoms with Crippen LogP contribution < -0.4 is 5.32 Å². The SMILES string of the molecule is O=C1[N]CCN1CCCc1ccc(Cl)cc1. The third kappa shape index (κ3) is 2.89. The monoisotopic (exact) mass is 237 g/mol. The summed E-state index contributed by atoms with van der Waals surface area (Å²) in [7, 11) is 0. The van der Waals surface area contributed by atoms with Crippen LogP contribution in [0.4, 0.5) is 4.79 Å². The molecule has 3 nitrogen and oxygen atoms in total. The molecule has 0 bridgehead atoms. The van der Waals surface area contributed by atoms with Gasteiger partial charge in [0.05, 0.1) is 6.54 Å². The molecule has 0 atom stereocenters. The highest BCUT2D eigenvalue weighted by Crippen LogP contribution is 2.11. The molecule has 16 heavy (non-hydrogen) atoms. The quantitative estimate of drug-likeness (QED) is 0.791. The highest BCUT2D eigenvalue weighted by atomic mass is 35.5. The summed E-state index contributed by atoms with van der Waals surface area (Å²) in [4.78, 5) is 13.0. The first-order valence-corrected chi connectivity index (χ1v) is 5.84. The predicted octanol–water partition coefficient (Wildman–Crippen LogP) is 2.31. The first-order valence-electron chi connectivity index (χ1n) is 5.46. The van der Waals surface area contributed by atoms with Gasteiger partial charge in [-0.15, -0.1) is 0 Å². The molecule has 1 fully saturated rings. The van der Waals surface area contributed by atoms with Gasteiger partial charge in [-0.25, -0.2) is 10.1 Å². The molecule has 0 aliphatic carbocycles. The van der Waals surface area contributed by atoms with E-state index in [1.807, 2.05) is 24.3 Å². The van der Waals surface area contributed by atoms with E-state index in [-0.39, 0.29) is 6.03 Å². The van der Waals surface area contributed by atoms with E-state index in [2.05, 4.69) is 5.32 Å². The minimum atomic E-state index is -0.0592. The van der Waals surface area contributed by atoms with Gasteiger partial charge in [0.1, 0.15) is 0 Å². The van der Waals surface area contributed by atoms with Gasteiger partial charge in [-0.3, -0.25) is 0 Å². The van der Waals surface area contributed by atoms with Crippen LogP contribution in [0, 0.1) is 0 Å². The van der Waals surface area contributed by atoms with E-state index in [0.29, 0.717) is 6.54 Å². The maximum absolute atomic E-state index is 11.2. The molecular weight excluding hydrogens is 224 g/mol. The Hall–Kier alpha value is -1.22. The van der Waals surface area contributed by atoms with E-state index in [1.165, 1.54) is 5.56 Å². The molecule has 1 radical (unpaired) electrons.